The van der Waals surface area contributed by atoms with Crippen molar-refractivity contribution in [1.82, 2.24) is 10.3 Å². The molecule has 1 amide bonds. The first-order chi connectivity index (χ1) is 9.47. The second-order valence-electron chi connectivity index (χ2n) is 4.29. The zero-order valence-corrected chi connectivity index (χ0v) is 11.3. The Labute approximate surface area is 119 Å². The third-order valence-corrected chi connectivity index (χ3v) is 2.96. The lowest BCUT2D eigenvalue weighted by atomic mass is 10.2. The van der Waals surface area contributed by atoms with Crippen LogP contribution >= 0.6 is 11.6 Å². The number of rotatable bonds is 3. The zero-order chi connectivity index (χ0) is 14.7. The molecule has 0 saturated carbocycles. The van der Waals surface area contributed by atoms with Crippen LogP contribution in [0.15, 0.2) is 30.6 Å². The summed E-state index contributed by atoms with van der Waals surface area (Å²) in [4.78, 5) is 15.7. The number of amides is 1. The second kappa shape index (κ2) is 5.96. The fourth-order valence-electron chi connectivity index (χ4n) is 1.66. The van der Waals surface area contributed by atoms with Crippen LogP contribution in [0.2, 0.25) is 5.02 Å². The molecular formula is C14H11ClF2N2O. The summed E-state index contributed by atoms with van der Waals surface area (Å²) in [5, 5.41) is 2.21. The molecule has 1 N–H and O–H groups in total. The van der Waals surface area contributed by atoms with E-state index in [1.54, 1.807) is 19.2 Å². The van der Waals surface area contributed by atoms with E-state index in [1.807, 2.05) is 0 Å². The molecule has 6 heteroatoms. The van der Waals surface area contributed by atoms with Gasteiger partial charge in [0.2, 0.25) is 0 Å². The molecule has 0 aliphatic carbocycles. The van der Waals surface area contributed by atoms with E-state index in [9.17, 15) is 13.6 Å². The van der Waals surface area contributed by atoms with Crippen LogP contribution in [0.5, 0.6) is 0 Å². The Kier molecular flexibility index (Phi) is 4.29. The average Bonchev–Trinajstić information content (AvgIpc) is 2.41. The Bertz CT molecular complexity index is 662. The van der Waals surface area contributed by atoms with Crippen LogP contribution in [0.4, 0.5) is 8.78 Å². The number of hydrogen-bond acceptors (Lipinski definition) is 2. The second-order valence-corrected chi connectivity index (χ2v) is 4.70. The molecule has 2 aromatic rings. The molecular weight excluding hydrogens is 286 g/mol. The van der Waals surface area contributed by atoms with Gasteiger partial charge in [0.05, 0.1) is 10.6 Å². The number of halogens is 3. The monoisotopic (exact) mass is 296 g/mol. The molecule has 1 aromatic carbocycles. The topological polar surface area (TPSA) is 42.0 Å². The van der Waals surface area contributed by atoms with E-state index in [-0.39, 0.29) is 17.1 Å². The molecule has 0 spiro atoms. The number of pyridine rings is 1. The first-order valence-electron chi connectivity index (χ1n) is 5.80. The molecule has 0 fully saturated rings. The highest BCUT2D eigenvalue weighted by molar-refractivity contribution is 6.30. The highest BCUT2D eigenvalue weighted by Gasteiger charge is 2.11. The smallest absolute Gasteiger partial charge is 0.253 e. The van der Waals surface area contributed by atoms with Gasteiger partial charge in [0.1, 0.15) is 11.6 Å². The molecule has 0 atom stereocenters. The van der Waals surface area contributed by atoms with E-state index in [4.69, 9.17) is 11.6 Å². The summed E-state index contributed by atoms with van der Waals surface area (Å²) < 4.78 is 26.8. The fourth-order valence-corrected chi connectivity index (χ4v) is 1.81. The summed E-state index contributed by atoms with van der Waals surface area (Å²) in [6, 6.07) is 3.50. The number of aromatic nitrogens is 1. The third-order valence-electron chi connectivity index (χ3n) is 2.67. The van der Waals surface area contributed by atoms with E-state index >= 15 is 0 Å². The van der Waals surface area contributed by atoms with Crippen LogP contribution in [0.1, 0.15) is 21.5 Å². The minimum atomic E-state index is -0.727. The third kappa shape index (κ3) is 3.30. The fraction of sp³-hybridized carbons (Fsp3) is 0.143. The van der Waals surface area contributed by atoms with Crippen molar-refractivity contribution in [2.45, 2.75) is 13.5 Å². The standard InChI is InChI=1S/C14H11ClF2N2O/c1-8-2-10(6-18-5-8)14(20)19-7-9-3-13(17)11(15)4-12(9)16/h2-6H,7H2,1H3,(H,19,20). The van der Waals surface area contributed by atoms with Crippen molar-refractivity contribution in [2.24, 2.45) is 0 Å². The predicted octanol–water partition coefficient (Wildman–Crippen LogP) is 3.25. The highest BCUT2D eigenvalue weighted by atomic mass is 35.5. The SMILES string of the molecule is Cc1cncc(C(=O)NCc2cc(F)c(Cl)cc2F)c1. The Morgan fingerprint density at radius 3 is 2.70 bits per heavy atom. The van der Waals surface area contributed by atoms with Gasteiger partial charge in [0.15, 0.2) is 0 Å². The summed E-state index contributed by atoms with van der Waals surface area (Å²) in [6.45, 7) is 1.67. The van der Waals surface area contributed by atoms with Crippen molar-refractivity contribution in [2.75, 3.05) is 0 Å². The molecule has 0 unspecified atom stereocenters. The molecule has 0 aliphatic heterocycles. The molecule has 20 heavy (non-hydrogen) atoms. The van der Waals surface area contributed by atoms with Gasteiger partial charge < -0.3 is 5.32 Å². The van der Waals surface area contributed by atoms with E-state index < -0.39 is 17.5 Å². The van der Waals surface area contributed by atoms with Crippen molar-refractivity contribution >= 4 is 17.5 Å². The molecule has 1 aromatic heterocycles. The van der Waals surface area contributed by atoms with E-state index in [2.05, 4.69) is 10.3 Å². The molecule has 3 nitrogen and oxygen atoms in total. The van der Waals surface area contributed by atoms with Crippen molar-refractivity contribution in [3.8, 4) is 0 Å². The van der Waals surface area contributed by atoms with Crippen molar-refractivity contribution in [3.05, 3.63) is 63.9 Å². The van der Waals surface area contributed by atoms with Gasteiger partial charge in [-0.3, -0.25) is 9.78 Å². The Balaban J connectivity index is 2.09. The maximum Gasteiger partial charge on any atom is 0.253 e. The van der Waals surface area contributed by atoms with E-state index in [0.29, 0.717) is 5.56 Å². The largest absolute Gasteiger partial charge is 0.348 e. The van der Waals surface area contributed by atoms with Gasteiger partial charge in [-0.25, -0.2) is 8.78 Å². The van der Waals surface area contributed by atoms with Crippen molar-refractivity contribution in [1.29, 1.82) is 0 Å². The number of nitrogens with zero attached hydrogens (tertiary/aromatic N) is 1. The lowest BCUT2D eigenvalue weighted by Gasteiger charge is -2.07. The van der Waals surface area contributed by atoms with Crippen molar-refractivity contribution in [3.63, 3.8) is 0 Å². The highest BCUT2D eigenvalue weighted by Crippen LogP contribution is 2.19. The maximum absolute atomic E-state index is 13.5. The minimum absolute atomic E-state index is 0.0286. The van der Waals surface area contributed by atoms with Gasteiger partial charge >= 0.3 is 0 Å². The summed E-state index contributed by atoms with van der Waals surface area (Å²) in [5.74, 6) is -1.80. The lowest BCUT2D eigenvalue weighted by Crippen LogP contribution is -2.23. The van der Waals surface area contributed by atoms with Crippen LogP contribution in [0.3, 0.4) is 0 Å². The summed E-state index contributed by atoms with van der Waals surface area (Å²) >= 11 is 5.45. The number of hydrogen-bond donors (Lipinski definition) is 1. The summed E-state index contributed by atoms with van der Waals surface area (Å²) in [7, 11) is 0. The van der Waals surface area contributed by atoms with Crippen LogP contribution in [0.25, 0.3) is 0 Å². The Hall–Kier alpha value is -2.01. The molecule has 0 saturated heterocycles. The van der Waals surface area contributed by atoms with Gasteiger partial charge in [-0.1, -0.05) is 11.6 Å². The van der Waals surface area contributed by atoms with Crippen molar-refractivity contribution < 1.29 is 13.6 Å². The van der Waals surface area contributed by atoms with Crippen LogP contribution in [-0.4, -0.2) is 10.9 Å². The Morgan fingerprint density at radius 2 is 2.00 bits per heavy atom. The summed E-state index contributed by atoms with van der Waals surface area (Å²) in [5.41, 5.74) is 1.22. The number of benzene rings is 1. The van der Waals surface area contributed by atoms with Gasteiger partial charge in [0, 0.05) is 24.5 Å². The van der Waals surface area contributed by atoms with Gasteiger partial charge in [-0.15, -0.1) is 0 Å². The average molecular weight is 297 g/mol. The van der Waals surface area contributed by atoms with Gasteiger partial charge in [-0.2, -0.15) is 0 Å². The first-order valence-corrected chi connectivity index (χ1v) is 6.18. The van der Waals surface area contributed by atoms with Gasteiger partial charge in [-0.05, 0) is 30.7 Å². The molecule has 0 bridgehead atoms. The molecule has 0 aliphatic rings. The normalized spacial score (nSPS) is 10.4. The van der Waals surface area contributed by atoms with Gasteiger partial charge in [0.25, 0.3) is 5.91 Å². The molecule has 2 rings (SSSR count). The molecule has 1 heterocycles. The molecule has 0 radical (unpaired) electrons. The van der Waals surface area contributed by atoms with Crippen LogP contribution < -0.4 is 5.32 Å². The Morgan fingerprint density at radius 1 is 1.25 bits per heavy atom. The van der Waals surface area contributed by atoms with E-state index in [0.717, 1.165) is 17.7 Å². The summed E-state index contributed by atoms with van der Waals surface area (Å²) in [6.07, 6.45) is 3.02. The number of carbonyl (C=O) groups is 1. The van der Waals surface area contributed by atoms with Crippen LogP contribution in [0, 0.1) is 18.6 Å². The number of aryl methyl sites for hydroxylation is 1. The zero-order valence-electron chi connectivity index (χ0n) is 10.6. The number of carbonyl (C=O) groups excluding carboxylic acids is 1. The molecule has 104 valence electrons. The van der Waals surface area contributed by atoms with E-state index in [1.165, 1.54) is 6.20 Å². The number of nitrogens with one attached hydrogen (secondary N) is 1. The predicted molar refractivity (Wildman–Crippen MR) is 71.5 cm³/mol. The maximum atomic E-state index is 13.5. The van der Waals surface area contributed by atoms with Crippen LogP contribution in [-0.2, 0) is 6.54 Å². The lowest BCUT2D eigenvalue weighted by molar-refractivity contribution is 0.0950. The quantitative estimate of drug-likeness (QED) is 0.884. The minimum Gasteiger partial charge on any atom is -0.348 e. The first kappa shape index (κ1) is 14.4.